The highest BCUT2D eigenvalue weighted by molar-refractivity contribution is 5.79. The van der Waals surface area contributed by atoms with Crippen LogP contribution in [0, 0.1) is 5.92 Å². The van der Waals surface area contributed by atoms with E-state index in [1.807, 2.05) is 24.8 Å². The minimum atomic E-state index is 0.0568. The van der Waals surface area contributed by atoms with Crippen LogP contribution < -0.4 is 10.2 Å². The fraction of sp³-hybridized carbons (Fsp3) is 0.750. The molecule has 8 heteroatoms. The molecule has 0 spiro atoms. The lowest BCUT2D eigenvalue weighted by molar-refractivity contribution is -0.135. The van der Waals surface area contributed by atoms with Crippen LogP contribution in [0.3, 0.4) is 0 Å². The number of anilines is 2. The molecule has 2 saturated heterocycles. The Morgan fingerprint density at radius 3 is 2.79 bits per heavy atom. The molecule has 1 unspecified atom stereocenters. The first-order chi connectivity index (χ1) is 13.7. The van der Waals surface area contributed by atoms with Gasteiger partial charge < -0.3 is 19.9 Å². The van der Waals surface area contributed by atoms with Gasteiger partial charge in [-0.3, -0.25) is 9.69 Å². The standard InChI is InChI=1S/C20H34N6O2/c1-3-25(4-2)20(27)17-6-5-8-26(15-17)19-14-18(22-16-23-19)21-7-9-24-10-12-28-13-11-24/h14,16-17H,3-13,15H2,1-2H3,(H,21,22,23). The number of carbonyl (C=O) groups excluding carboxylic acids is 1. The Morgan fingerprint density at radius 2 is 2.04 bits per heavy atom. The Kier molecular flexibility index (Phi) is 7.85. The number of amides is 1. The van der Waals surface area contributed by atoms with Crippen LogP contribution >= 0.6 is 0 Å². The van der Waals surface area contributed by atoms with E-state index in [1.165, 1.54) is 0 Å². The highest BCUT2D eigenvalue weighted by Gasteiger charge is 2.29. The van der Waals surface area contributed by atoms with Crippen molar-refractivity contribution in [3.63, 3.8) is 0 Å². The van der Waals surface area contributed by atoms with Crippen LogP contribution in [0.2, 0.25) is 0 Å². The Labute approximate surface area is 168 Å². The van der Waals surface area contributed by atoms with Crippen molar-refractivity contribution in [2.24, 2.45) is 5.92 Å². The van der Waals surface area contributed by atoms with Gasteiger partial charge in [-0.1, -0.05) is 0 Å². The van der Waals surface area contributed by atoms with Gasteiger partial charge in [0, 0.05) is 58.4 Å². The Balaban J connectivity index is 1.54. The number of aromatic nitrogens is 2. The van der Waals surface area contributed by atoms with Gasteiger partial charge in [-0.15, -0.1) is 0 Å². The van der Waals surface area contributed by atoms with Gasteiger partial charge in [0.05, 0.1) is 19.1 Å². The van der Waals surface area contributed by atoms with E-state index in [-0.39, 0.29) is 11.8 Å². The number of piperidine rings is 1. The largest absolute Gasteiger partial charge is 0.379 e. The zero-order chi connectivity index (χ0) is 19.8. The first-order valence-electron chi connectivity index (χ1n) is 10.6. The number of nitrogens with zero attached hydrogens (tertiary/aromatic N) is 5. The molecule has 28 heavy (non-hydrogen) atoms. The quantitative estimate of drug-likeness (QED) is 0.717. The molecule has 156 valence electrons. The average Bonchev–Trinajstić information content (AvgIpc) is 2.75. The highest BCUT2D eigenvalue weighted by Crippen LogP contribution is 2.24. The zero-order valence-electron chi connectivity index (χ0n) is 17.3. The second-order valence-electron chi connectivity index (χ2n) is 7.44. The maximum absolute atomic E-state index is 12.7. The predicted molar refractivity (Wildman–Crippen MR) is 111 cm³/mol. The Bertz CT molecular complexity index is 618. The Morgan fingerprint density at radius 1 is 1.25 bits per heavy atom. The monoisotopic (exact) mass is 390 g/mol. The van der Waals surface area contributed by atoms with E-state index in [9.17, 15) is 4.79 Å². The molecule has 0 radical (unpaired) electrons. The molecular formula is C20H34N6O2. The molecule has 1 N–H and O–H groups in total. The summed E-state index contributed by atoms with van der Waals surface area (Å²) in [5.41, 5.74) is 0. The summed E-state index contributed by atoms with van der Waals surface area (Å²) in [7, 11) is 0. The van der Waals surface area contributed by atoms with Crippen molar-refractivity contribution in [2.75, 3.05) is 75.8 Å². The lowest BCUT2D eigenvalue weighted by atomic mass is 9.96. The molecule has 8 nitrogen and oxygen atoms in total. The van der Waals surface area contributed by atoms with Gasteiger partial charge in [0.15, 0.2) is 0 Å². The van der Waals surface area contributed by atoms with Crippen molar-refractivity contribution in [3.05, 3.63) is 12.4 Å². The fourth-order valence-corrected chi connectivity index (χ4v) is 3.96. The minimum Gasteiger partial charge on any atom is -0.379 e. The molecule has 1 aromatic rings. The molecule has 3 heterocycles. The summed E-state index contributed by atoms with van der Waals surface area (Å²) in [6.07, 6.45) is 3.59. The molecule has 1 amide bonds. The number of morpholine rings is 1. The van der Waals surface area contributed by atoms with Crippen LogP contribution in [-0.4, -0.2) is 91.2 Å². The second-order valence-corrected chi connectivity index (χ2v) is 7.44. The molecule has 2 fully saturated rings. The van der Waals surface area contributed by atoms with E-state index in [2.05, 4.69) is 25.1 Å². The highest BCUT2D eigenvalue weighted by atomic mass is 16.5. The number of hydrogen-bond acceptors (Lipinski definition) is 7. The molecular weight excluding hydrogens is 356 g/mol. The van der Waals surface area contributed by atoms with Crippen LogP contribution in [-0.2, 0) is 9.53 Å². The van der Waals surface area contributed by atoms with Crippen molar-refractivity contribution in [3.8, 4) is 0 Å². The lowest BCUT2D eigenvalue weighted by Crippen LogP contribution is -2.45. The van der Waals surface area contributed by atoms with Crippen LogP contribution in [0.1, 0.15) is 26.7 Å². The summed E-state index contributed by atoms with van der Waals surface area (Å²) in [4.78, 5) is 28.1. The van der Waals surface area contributed by atoms with Crippen molar-refractivity contribution < 1.29 is 9.53 Å². The molecule has 0 saturated carbocycles. The van der Waals surface area contributed by atoms with Crippen LogP contribution in [0.4, 0.5) is 11.6 Å². The van der Waals surface area contributed by atoms with Crippen LogP contribution in [0.5, 0.6) is 0 Å². The van der Waals surface area contributed by atoms with Gasteiger partial charge in [-0.25, -0.2) is 9.97 Å². The third-order valence-corrected chi connectivity index (χ3v) is 5.66. The Hall–Kier alpha value is -1.93. The van der Waals surface area contributed by atoms with E-state index in [1.54, 1.807) is 6.33 Å². The summed E-state index contributed by atoms with van der Waals surface area (Å²) in [5.74, 6) is 2.07. The fourth-order valence-electron chi connectivity index (χ4n) is 3.96. The molecule has 2 aliphatic heterocycles. The molecule has 0 bridgehead atoms. The third-order valence-electron chi connectivity index (χ3n) is 5.66. The SMILES string of the molecule is CCN(CC)C(=O)C1CCCN(c2cc(NCCN3CCOCC3)ncn2)C1. The minimum absolute atomic E-state index is 0.0568. The van der Waals surface area contributed by atoms with Gasteiger partial charge in [-0.05, 0) is 26.7 Å². The van der Waals surface area contributed by atoms with Crippen LogP contribution in [0.25, 0.3) is 0 Å². The van der Waals surface area contributed by atoms with E-state index < -0.39 is 0 Å². The first kappa shape index (κ1) is 20.8. The summed E-state index contributed by atoms with van der Waals surface area (Å²) in [6, 6.07) is 2.00. The molecule has 0 aliphatic carbocycles. The smallest absolute Gasteiger partial charge is 0.227 e. The number of nitrogens with one attached hydrogen (secondary N) is 1. The lowest BCUT2D eigenvalue weighted by Gasteiger charge is -2.35. The maximum Gasteiger partial charge on any atom is 0.227 e. The number of ether oxygens (including phenoxy) is 1. The normalized spacial score (nSPS) is 20.8. The second kappa shape index (κ2) is 10.6. The average molecular weight is 391 g/mol. The summed E-state index contributed by atoms with van der Waals surface area (Å²) >= 11 is 0. The van der Waals surface area contributed by atoms with Crippen molar-refractivity contribution in [1.82, 2.24) is 19.8 Å². The third kappa shape index (κ3) is 5.54. The zero-order valence-corrected chi connectivity index (χ0v) is 17.3. The number of hydrogen-bond donors (Lipinski definition) is 1. The predicted octanol–water partition coefficient (Wildman–Crippen LogP) is 1.31. The van der Waals surface area contributed by atoms with Gasteiger partial charge in [0.2, 0.25) is 5.91 Å². The van der Waals surface area contributed by atoms with Gasteiger partial charge in [0.1, 0.15) is 18.0 Å². The first-order valence-corrected chi connectivity index (χ1v) is 10.6. The van der Waals surface area contributed by atoms with E-state index >= 15 is 0 Å². The van der Waals surface area contributed by atoms with Gasteiger partial charge in [-0.2, -0.15) is 0 Å². The van der Waals surface area contributed by atoms with Gasteiger partial charge in [0.25, 0.3) is 0 Å². The summed E-state index contributed by atoms with van der Waals surface area (Å²) in [5, 5.41) is 3.41. The molecule has 1 atom stereocenters. The summed E-state index contributed by atoms with van der Waals surface area (Å²) < 4.78 is 5.39. The van der Waals surface area contributed by atoms with E-state index in [4.69, 9.17) is 4.74 Å². The summed E-state index contributed by atoms with van der Waals surface area (Å²) in [6.45, 7) is 12.8. The van der Waals surface area contributed by atoms with E-state index in [0.717, 1.165) is 90.0 Å². The molecule has 2 aliphatic rings. The van der Waals surface area contributed by atoms with Crippen molar-refractivity contribution in [1.29, 1.82) is 0 Å². The van der Waals surface area contributed by atoms with Gasteiger partial charge >= 0.3 is 0 Å². The maximum atomic E-state index is 12.7. The molecule has 1 aromatic heterocycles. The molecule has 0 aromatic carbocycles. The topological polar surface area (TPSA) is 73.8 Å². The number of rotatable bonds is 8. The number of carbonyl (C=O) groups is 1. The molecule has 3 rings (SSSR count). The van der Waals surface area contributed by atoms with Crippen molar-refractivity contribution in [2.45, 2.75) is 26.7 Å². The van der Waals surface area contributed by atoms with Crippen LogP contribution in [0.15, 0.2) is 12.4 Å². The van der Waals surface area contributed by atoms with E-state index in [0.29, 0.717) is 0 Å². The van der Waals surface area contributed by atoms with Crippen molar-refractivity contribution >= 4 is 17.5 Å².